The lowest BCUT2D eigenvalue weighted by Gasteiger charge is -2.26. The van der Waals surface area contributed by atoms with Crippen molar-refractivity contribution in [3.63, 3.8) is 0 Å². The van der Waals surface area contributed by atoms with Crippen LogP contribution in [0.4, 0.5) is 0 Å². The van der Waals surface area contributed by atoms with Gasteiger partial charge < -0.3 is 9.84 Å². The van der Waals surface area contributed by atoms with Crippen LogP contribution in [0.5, 0.6) is 5.75 Å². The smallest absolute Gasteiger partial charge is 0.126 e. The average Bonchev–Trinajstić information content (AvgIpc) is 3.06. The van der Waals surface area contributed by atoms with Crippen molar-refractivity contribution < 1.29 is 9.84 Å². The van der Waals surface area contributed by atoms with Crippen molar-refractivity contribution in [3.05, 3.63) is 81.8 Å². The summed E-state index contributed by atoms with van der Waals surface area (Å²) in [4.78, 5) is 4.29. The molecule has 1 N–H and O–H groups in total. The van der Waals surface area contributed by atoms with E-state index < -0.39 is 5.60 Å². The SMILES string of the molecule is Cc1ccc(C(C)(O)Cc2nccs2)c(OCc2ccccc2)c1. The molecule has 24 heavy (non-hydrogen) atoms. The molecule has 3 nitrogen and oxygen atoms in total. The molecule has 0 aliphatic rings. The minimum absolute atomic E-state index is 0.468. The fourth-order valence-corrected chi connectivity index (χ4v) is 3.42. The van der Waals surface area contributed by atoms with E-state index in [4.69, 9.17) is 4.74 Å². The highest BCUT2D eigenvalue weighted by molar-refractivity contribution is 7.09. The molecule has 0 amide bonds. The van der Waals surface area contributed by atoms with Gasteiger partial charge in [0.25, 0.3) is 0 Å². The van der Waals surface area contributed by atoms with Gasteiger partial charge in [-0.3, -0.25) is 0 Å². The van der Waals surface area contributed by atoms with Crippen molar-refractivity contribution in [2.45, 2.75) is 32.5 Å². The van der Waals surface area contributed by atoms with Crippen LogP contribution in [0.15, 0.2) is 60.1 Å². The lowest BCUT2D eigenvalue weighted by Crippen LogP contribution is -2.25. The lowest BCUT2D eigenvalue weighted by atomic mass is 9.91. The van der Waals surface area contributed by atoms with Gasteiger partial charge >= 0.3 is 0 Å². The van der Waals surface area contributed by atoms with Crippen molar-refractivity contribution in [2.75, 3.05) is 0 Å². The van der Waals surface area contributed by atoms with Crippen LogP contribution in [-0.2, 0) is 18.6 Å². The van der Waals surface area contributed by atoms with E-state index in [0.717, 1.165) is 27.4 Å². The average molecular weight is 339 g/mol. The summed E-state index contributed by atoms with van der Waals surface area (Å²) in [5.74, 6) is 0.723. The molecule has 3 aromatic rings. The molecule has 0 spiro atoms. The highest BCUT2D eigenvalue weighted by atomic mass is 32.1. The van der Waals surface area contributed by atoms with E-state index in [9.17, 15) is 5.11 Å². The monoisotopic (exact) mass is 339 g/mol. The van der Waals surface area contributed by atoms with Gasteiger partial charge in [-0.05, 0) is 31.0 Å². The molecule has 0 radical (unpaired) electrons. The third kappa shape index (κ3) is 4.02. The molecule has 4 heteroatoms. The molecule has 124 valence electrons. The molecule has 0 bridgehead atoms. The number of ether oxygens (including phenoxy) is 1. The summed E-state index contributed by atoms with van der Waals surface area (Å²) in [6.45, 7) is 4.31. The number of nitrogens with zero attached hydrogens (tertiary/aromatic N) is 1. The zero-order chi connectivity index (χ0) is 17.0. The molecule has 1 atom stereocenters. The van der Waals surface area contributed by atoms with Crippen molar-refractivity contribution in [1.29, 1.82) is 0 Å². The van der Waals surface area contributed by atoms with E-state index in [-0.39, 0.29) is 0 Å². The quantitative estimate of drug-likeness (QED) is 0.720. The van der Waals surface area contributed by atoms with Crippen LogP contribution in [0.3, 0.4) is 0 Å². The fourth-order valence-electron chi connectivity index (χ4n) is 2.66. The molecule has 1 unspecified atom stereocenters. The first kappa shape index (κ1) is 16.7. The van der Waals surface area contributed by atoms with E-state index in [2.05, 4.69) is 4.98 Å². The van der Waals surface area contributed by atoms with E-state index in [1.54, 1.807) is 17.5 Å². The second kappa shape index (κ2) is 7.16. The van der Waals surface area contributed by atoms with Crippen molar-refractivity contribution in [1.82, 2.24) is 4.98 Å². The maximum Gasteiger partial charge on any atom is 0.126 e. The van der Waals surface area contributed by atoms with Gasteiger partial charge in [-0.1, -0.05) is 42.5 Å². The molecule has 0 aliphatic heterocycles. The molecule has 2 aromatic carbocycles. The van der Waals surface area contributed by atoms with Crippen LogP contribution in [0.25, 0.3) is 0 Å². The van der Waals surface area contributed by atoms with Gasteiger partial charge in [-0.15, -0.1) is 11.3 Å². The van der Waals surface area contributed by atoms with Crippen LogP contribution in [0, 0.1) is 6.92 Å². The highest BCUT2D eigenvalue weighted by Gasteiger charge is 2.28. The van der Waals surface area contributed by atoms with Gasteiger partial charge in [0.05, 0.1) is 10.6 Å². The summed E-state index contributed by atoms with van der Waals surface area (Å²) in [6, 6.07) is 16.0. The summed E-state index contributed by atoms with van der Waals surface area (Å²) >= 11 is 1.55. The molecule has 0 saturated heterocycles. The summed E-state index contributed by atoms with van der Waals surface area (Å²) in [7, 11) is 0. The molecule has 0 fully saturated rings. The van der Waals surface area contributed by atoms with Gasteiger partial charge in [0.15, 0.2) is 0 Å². The van der Waals surface area contributed by atoms with Gasteiger partial charge in [-0.25, -0.2) is 4.98 Å². The topological polar surface area (TPSA) is 42.4 Å². The van der Waals surface area contributed by atoms with E-state index in [1.807, 2.05) is 67.8 Å². The van der Waals surface area contributed by atoms with E-state index >= 15 is 0 Å². The molecular formula is C20H21NO2S. The third-order valence-electron chi connectivity index (χ3n) is 3.93. The van der Waals surface area contributed by atoms with E-state index in [0.29, 0.717) is 13.0 Å². The summed E-state index contributed by atoms with van der Waals surface area (Å²) < 4.78 is 6.03. The first-order valence-electron chi connectivity index (χ1n) is 7.93. The maximum atomic E-state index is 11.0. The number of rotatable bonds is 6. The third-order valence-corrected chi connectivity index (χ3v) is 4.71. The first-order valence-corrected chi connectivity index (χ1v) is 8.81. The van der Waals surface area contributed by atoms with E-state index in [1.165, 1.54) is 0 Å². The van der Waals surface area contributed by atoms with Crippen molar-refractivity contribution in [2.24, 2.45) is 0 Å². The number of hydrogen-bond donors (Lipinski definition) is 1. The van der Waals surface area contributed by atoms with Crippen molar-refractivity contribution in [3.8, 4) is 5.75 Å². The predicted molar refractivity (Wildman–Crippen MR) is 97.3 cm³/mol. The normalized spacial score (nSPS) is 13.5. The van der Waals surface area contributed by atoms with Crippen LogP contribution in [0.2, 0.25) is 0 Å². The van der Waals surface area contributed by atoms with Gasteiger partial charge in [0.2, 0.25) is 0 Å². The number of aromatic nitrogens is 1. The number of aryl methyl sites for hydroxylation is 1. The zero-order valence-corrected chi connectivity index (χ0v) is 14.7. The Morgan fingerprint density at radius 2 is 1.96 bits per heavy atom. The molecule has 0 saturated carbocycles. The summed E-state index contributed by atoms with van der Waals surface area (Å²) in [5, 5.41) is 13.8. The van der Waals surface area contributed by atoms with Gasteiger partial charge in [0.1, 0.15) is 12.4 Å². The Bertz CT molecular complexity index is 783. The second-order valence-electron chi connectivity index (χ2n) is 6.15. The summed E-state index contributed by atoms with van der Waals surface area (Å²) in [5.41, 5.74) is 1.97. The minimum atomic E-state index is -1.03. The largest absolute Gasteiger partial charge is 0.489 e. The van der Waals surface area contributed by atoms with Crippen LogP contribution < -0.4 is 4.74 Å². The van der Waals surface area contributed by atoms with Crippen LogP contribution >= 0.6 is 11.3 Å². The maximum absolute atomic E-state index is 11.0. The second-order valence-corrected chi connectivity index (χ2v) is 7.13. The molecule has 1 heterocycles. The van der Waals surface area contributed by atoms with Gasteiger partial charge in [-0.2, -0.15) is 0 Å². The van der Waals surface area contributed by atoms with Crippen molar-refractivity contribution >= 4 is 11.3 Å². The van der Waals surface area contributed by atoms with Crippen LogP contribution in [0.1, 0.15) is 28.6 Å². The highest BCUT2D eigenvalue weighted by Crippen LogP contribution is 2.34. The number of benzene rings is 2. The van der Waals surface area contributed by atoms with Gasteiger partial charge in [0, 0.05) is 23.6 Å². The Hall–Kier alpha value is -2.17. The molecule has 0 aliphatic carbocycles. The lowest BCUT2D eigenvalue weighted by molar-refractivity contribution is 0.0538. The summed E-state index contributed by atoms with van der Waals surface area (Å²) in [6.07, 6.45) is 2.23. The Morgan fingerprint density at radius 3 is 2.67 bits per heavy atom. The molecular weight excluding hydrogens is 318 g/mol. The number of hydrogen-bond acceptors (Lipinski definition) is 4. The Morgan fingerprint density at radius 1 is 1.17 bits per heavy atom. The molecule has 1 aromatic heterocycles. The zero-order valence-electron chi connectivity index (χ0n) is 13.9. The first-order chi connectivity index (χ1) is 11.5. The standard InChI is InChI=1S/C20H21NO2S/c1-15-8-9-17(20(2,22)13-19-21-10-11-24-19)18(12-15)23-14-16-6-4-3-5-7-16/h3-12,22H,13-14H2,1-2H3. The Kier molecular flexibility index (Phi) is 4.97. The Labute approximate surface area is 146 Å². The number of aliphatic hydroxyl groups is 1. The fraction of sp³-hybridized carbons (Fsp3) is 0.250. The Balaban J connectivity index is 1.84. The predicted octanol–water partition coefficient (Wildman–Crippen LogP) is 4.48. The molecule has 3 rings (SSSR count). The number of thiazole rings is 1. The minimum Gasteiger partial charge on any atom is -0.489 e. The van der Waals surface area contributed by atoms with Crippen LogP contribution in [-0.4, -0.2) is 10.1 Å².